The predicted octanol–water partition coefficient (Wildman–Crippen LogP) is 5.76. The molecule has 0 heterocycles. The summed E-state index contributed by atoms with van der Waals surface area (Å²) in [6.45, 7) is 3.79. The quantitative estimate of drug-likeness (QED) is 0.105. The first-order chi connectivity index (χ1) is 13.5. The molecule has 0 aliphatic carbocycles. The molecule has 5 nitrogen and oxygen atoms in total. The molecule has 0 fully saturated rings. The first kappa shape index (κ1) is 28.5. The second-order valence-electron chi connectivity index (χ2n) is 9.39. The standard InChI is InChI=1S/C23H46NO4P/c1-5-6-7-8-9-10-11-12-13-14-15-16-17-18-19-20-21-23(25,29(26,27)28)22-24(2,3)4/h5,10-11,25H,1,6-9,12-22H2,2-4H3,(H-,26,27,28)/p+1/b11-10-. The van der Waals surface area contributed by atoms with Gasteiger partial charge < -0.3 is 19.4 Å². The molecule has 0 radical (unpaired) electrons. The van der Waals surface area contributed by atoms with Crippen LogP contribution in [0.2, 0.25) is 0 Å². The van der Waals surface area contributed by atoms with Crippen molar-refractivity contribution in [3.05, 3.63) is 24.8 Å². The van der Waals surface area contributed by atoms with Crippen LogP contribution in [0, 0.1) is 0 Å². The molecule has 0 spiro atoms. The summed E-state index contributed by atoms with van der Waals surface area (Å²) < 4.78 is 12.1. The number of nitrogens with zero attached hydrogens (tertiary/aromatic N) is 1. The van der Waals surface area contributed by atoms with E-state index in [1.807, 2.05) is 27.2 Å². The Labute approximate surface area is 179 Å². The van der Waals surface area contributed by atoms with Gasteiger partial charge in [-0.2, -0.15) is 0 Å². The van der Waals surface area contributed by atoms with Gasteiger partial charge in [-0.3, -0.25) is 4.57 Å². The smallest absolute Gasteiger partial charge is 0.362 e. The molecular formula is C23H47NO4P+. The highest BCUT2D eigenvalue weighted by Gasteiger charge is 2.48. The van der Waals surface area contributed by atoms with Crippen molar-refractivity contribution in [1.29, 1.82) is 0 Å². The van der Waals surface area contributed by atoms with E-state index in [4.69, 9.17) is 0 Å². The van der Waals surface area contributed by atoms with E-state index in [0.29, 0.717) is 10.9 Å². The summed E-state index contributed by atoms with van der Waals surface area (Å²) >= 11 is 0. The Balaban J connectivity index is 3.70. The Bertz CT molecular complexity index is 496. The average molecular weight is 433 g/mol. The SMILES string of the molecule is C=CCCCC/C=C\CCCCCCCCCCC(O)(C[N+](C)(C)C)P(=O)(O)O. The Morgan fingerprint density at radius 3 is 1.66 bits per heavy atom. The normalized spacial score (nSPS) is 15.0. The molecule has 0 aliphatic rings. The minimum atomic E-state index is -4.54. The molecule has 0 saturated carbocycles. The van der Waals surface area contributed by atoms with Crippen LogP contribution in [0.4, 0.5) is 0 Å². The highest BCUT2D eigenvalue weighted by molar-refractivity contribution is 7.53. The molecule has 6 heteroatoms. The Hall–Kier alpha value is -0.450. The van der Waals surface area contributed by atoms with Crippen LogP contribution in [0.3, 0.4) is 0 Å². The van der Waals surface area contributed by atoms with Crippen molar-refractivity contribution in [1.82, 2.24) is 0 Å². The zero-order valence-corrected chi connectivity index (χ0v) is 20.1. The molecule has 0 aromatic carbocycles. The molecule has 0 saturated heterocycles. The fourth-order valence-corrected chi connectivity index (χ4v) is 4.65. The van der Waals surface area contributed by atoms with E-state index < -0.39 is 12.9 Å². The molecule has 0 aromatic rings. The summed E-state index contributed by atoms with van der Waals surface area (Å²) in [5, 5.41) is 8.60. The van der Waals surface area contributed by atoms with Crippen molar-refractivity contribution in [2.75, 3.05) is 27.7 Å². The van der Waals surface area contributed by atoms with E-state index in [2.05, 4.69) is 18.7 Å². The molecule has 0 amide bonds. The van der Waals surface area contributed by atoms with E-state index in [0.717, 1.165) is 25.7 Å². The number of likely N-dealkylation sites (N-methyl/N-ethyl adjacent to an activating group) is 1. The third-order valence-corrected chi connectivity index (χ3v) is 6.61. The summed E-state index contributed by atoms with van der Waals surface area (Å²) in [4.78, 5) is 19.1. The topological polar surface area (TPSA) is 77.8 Å². The third kappa shape index (κ3) is 16.0. The Morgan fingerprint density at radius 2 is 1.21 bits per heavy atom. The van der Waals surface area contributed by atoms with E-state index in [1.165, 1.54) is 51.4 Å². The van der Waals surface area contributed by atoms with Gasteiger partial charge in [-0.1, -0.05) is 56.8 Å². The van der Waals surface area contributed by atoms with Crippen LogP contribution in [-0.2, 0) is 4.57 Å². The van der Waals surface area contributed by atoms with Gasteiger partial charge in [0, 0.05) is 0 Å². The maximum atomic E-state index is 11.7. The van der Waals surface area contributed by atoms with Gasteiger partial charge in [0.1, 0.15) is 6.54 Å². The lowest BCUT2D eigenvalue weighted by atomic mass is 10.0. The lowest BCUT2D eigenvalue weighted by Gasteiger charge is -2.35. The average Bonchev–Trinajstić information content (AvgIpc) is 2.59. The summed E-state index contributed by atoms with van der Waals surface area (Å²) in [5.74, 6) is 0. The summed E-state index contributed by atoms with van der Waals surface area (Å²) in [6, 6.07) is 0. The predicted molar refractivity (Wildman–Crippen MR) is 124 cm³/mol. The molecule has 1 unspecified atom stereocenters. The number of unbranched alkanes of at least 4 members (excludes halogenated alkanes) is 11. The molecule has 3 N–H and O–H groups in total. The van der Waals surface area contributed by atoms with E-state index in [-0.39, 0.29) is 13.0 Å². The van der Waals surface area contributed by atoms with E-state index >= 15 is 0 Å². The summed E-state index contributed by atoms with van der Waals surface area (Å²) in [7, 11) is 0.959. The van der Waals surface area contributed by atoms with Crippen LogP contribution in [0.15, 0.2) is 24.8 Å². The maximum absolute atomic E-state index is 11.7. The van der Waals surface area contributed by atoms with Crippen molar-refractivity contribution in [2.24, 2.45) is 0 Å². The minimum Gasteiger partial charge on any atom is -0.373 e. The monoisotopic (exact) mass is 432 g/mol. The number of quaternary nitrogens is 1. The van der Waals surface area contributed by atoms with Crippen molar-refractivity contribution < 1.29 is 23.9 Å². The molecular weight excluding hydrogens is 385 g/mol. The van der Waals surface area contributed by atoms with Crippen molar-refractivity contribution >= 4 is 7.60 Å². The zero-order valence-electron chi connectivity index (χ0n) is 19.2. The Kier molecular flexibility index (Phi) is 15.1. The number of rotatable bonds is 19. The second kappa shape index (κ2) is 15.4. The molecule has 0 rings (SSSR count). The number of hydrogen-bond acceptors (Lipinski definition) is 2. The van der Waals surface area contributed by atoms with Gasteiger partial charge in [0.2, 0.25) is 5.34 Å². The van der Waals surface area contributed by atoms with Gasteiger partial charge in [-0.05, 0) is 51.4 Å². The van der Waals surface area contributed by atoms with Crippen LogP contribution < -0.4 is 0 Å². The second-order valence-corrected chi connectivity index (χ2v) is 11.3. The molecule has 0 bridgehead atoms. The van der Waals surface area contributed by atoms with Gasteiger partial charge in [-0.15, -0.1) is 6.58 Å². The van der Waals surface area contributed by atoms with Crippen LogP contribution in [0.1, 0.15) is 89.9 Å². The summed E-state index contributed by atoms with van der Waals surface area (Å²) in [5.41, 5.74) is 0. The lowest BCUT2D eigenvalue weighted by Crippen LogP contribution is -2.49. The largest absolute Gasteiger partial charge is 0.373 e. The molecule has 172 valence electrons. The van der Waals surface area contributed by atoms with Crippen molar-refractivity contribution in [2.45, 2.75) is 95.2 Å². The highest BCUT2D eigenvalue weighted by Crippen LogP contribution is 2.52. The molecule has 0 aromatic heterocycles. The first-order valence-corrected chi connectivity index (χ1v) is 13.0. The fourth-order valence-electron chi connectivity index (χ4n) is 3.59. The number of aliphatic hydroxyl groups is 1. The van der Waals surface area contributed by atoms with Crippen molar-refractivity contribution in [3.63, 3.8) is 0 Å². The van der Waals surface area contributed by atoms with Gasteiger partial charge in [0.25, 0.3) is 0 Å². The fraction of sp³-hybridized carbons (Fsp3) is 0.826. The third-order valence-electron chi connectivity index (χ3n) is 5.16. The van der Waals surface area contributed by atoms with Crippen molar-refractivity contribution in [3.8, 4) is 0 Å². The first-order valence-electron chi connectivity index (χ1n) is 11.4. The van der Waals surface area contributed by atoms with Gasteiger partial charge in [0.15, 0.2) is 0 Å². The van der Waals surface area contributed by atoms with Crippen LogP contribution in [0.25, 0.3) is 0 Å². The Morgan fingerprint density at radius 1 is 0.793 bits per heavy atom. The van der Waals surface area contributed by atoms with Crippen LogP contribution in [0.5, 0.6) is 0 Å². The summed E-state index contributed by atoms with van der Waals surface area (Å²) in [6.07, 6.45) is 21.5. The van der Waals surface area contributed by atoms with E-state index in [1.54, 1.807) is 0 Å². The van der Waals surface area contributed by atoms with Crippen LogP contribution >= 0.6 is 7.60 Å². The van der Waals surface area contributed by atoms with Gasteiger partial charge in [-0.25, -0.2) is 0 Å². The number of allylic oxidation sites excluding steroid dienone is 3. The molecule has 1 atom stereocenters. The molecule has 29 heavy (non-hydrogen) atoms. The lowest BCUT2D eigenvalue weighted by molar-refractivity contribution is -0.875. The zero-order chi connectivity index (χ0) is 22.2. The number of hydrogen-bond donors (Lipinski definition) is 3. The van der Waals surface area contributed by atoms with Crippen LogP contribution in [-0.4, -0.2) is 52.4 Å². The van der Waals surface area contributed by atoms with Gasteiger partial charge in [0.05, 0.1) is 21.1 Å². The maximum Gasteiger partial charge on any atom is 0.362 e. The van der Waals surface area contributed by atoms with E-state index in [9.17, 15) is 19.5 Å². The highest BCUT2D eigenvalue weighted by atomic mass is 31.2. The van der Waals surface area contributed by atoms with Gasteiger partial charge >= 0.3 is 7.60 Å². The molecule has 0 aliphatic heterocycles. The minimum absolute atomic E-state index is 0.0561.